The van der Waals surface area contributed by atoms with Gasteiger partial charge in [-0.15, -0.1) is 11.3 Å². The number of rotatable bonds is 2. The van der Waals surface area contributed by atoms with Gasteiger partial charge in [0, 0.05) is 11.0 Å². The summed E-state index contributed by atoms with van der Waals surface area (Å²) in [6.45, 7) is 3.84. The molecule has 3 rings (SSSR count). The Hall–Kier alpha value is -2.14. The number of hydrogen-bond donors (Lipinski definition) is 0. The first-order valence-electron chi connectivity index (χ1n) is 5.77. The molecule has 0 atom stereocenters. The van der Waals surface area contributed by atoms with Gasteiger partial charge in [-0.1, -0.05) is 0 Å². The number of cyclic esters (lactones) is 1. The Morgan fingerprint density at radius 3 is 2.68 bits per heavy atom. The van der Waals surface area contributed by atoms with E-state index in [4.69, 9.17) is 9.15 Å². The molecule has 1 aliphatic rings. The second-order valence-corrected chi connectivity index (χ2v) is 5.48. The van der Waals surface area contributed by atoms with E-state index in [1.807, 2.05) is 32.0 Å². The largest absolute Gasteiger partial charge is 0.462 e. The highest BCUT2D eigenvalue weighted by Crippen LogP contribution is 2.23. The third-order valence-electron chi connectivity index (χ3n) is 2.61. The van der Waals surface area contributed by atoms with Crippen molar-refractivity contribution in [3.05, 3.63) is 51.2 Å². The monoisotopic (exact) mass is 273 g/mol. The summed E-state index contributed by atoms with van der Waals surface area (Å²) in [7, 11) is 0. The maximum atomic E-state index is 11.7. The Kier molecular flexibility index (Phi) is 2.83. The molecule has 0 bridgehead atoms. The zero-order chi connectivity index (χ0) is 13.4. The second kappa shape index (κ2) is 4.51. The molecule has 4 nitrogen and oxygen atoms in total. The average Bonchev–Trinajstić information content (AvgIpc) is 3.03. The summed E-state index contributed by atoms with van der Waals surface area (Å²) in [5.41, 5.74) is 0.260. The third-order valence-corrected chi connectivity index (χ3v) is 3.60. The van der Waals surface area contributed by atoms with Crippen LogP contribution in [0.15, 0.2) is 39.4 Å². The quantitative estimate of drug-likeness (QED) is 0.623. The van der Waals surface area contributed by atoms with Gasteiger partial charge in [0.2, 0.25) is 5.90 Å². The Bertz CT molecular complexity index is 706. The van der Waals surface area contributed by atoms with Crippen molar-refractivity contribution in [3.8, 4) is 0 Å². The molecule has 0 N–H and O–H groups in total. The molecule has 0 saturated heterocycles. The molecule has 0 unspecified atom stereocenters. The third kappa shape index (κ3) is 2.37. The summed E-state index contributed by atoms with van der Waals surface area (Å²) in [5.74, 6) is 1.29. The maximum Gasteiger partial charge on any atom is 0.363 e. The van der Waals surface area contributed by atoms with Crippen molar-refractivity contribution in [1.82, 2.24) is 0 Å². The molecule has 0 spiro atoms. The number of esters is 1. The number of aliphatic imine (C=N–C) groups is 1. The van der Waals surface area contributed by atoms with E-state index in [1.165, 1.54) is 0 Å². The van der Waals surface area contributed by atoms with E-state index in [-0.39, 0.29) is 5.70 Å². The van der Waals surface area contributed by atoms with Crippen LogP contribution in [-0.2, 0) is 9.53 Å². The van der Waals surface area contributed by atoms with Crippen LogP contribution in [-0.4, -0.2) is 11.9 Å². The zero-order valence-electron chi connectivity index (χ0n) is 10.5. The molecule has 0 saturated carbocycles. The summed E-state index contributed by atoms with van der Waals surface area (Å²) in [5, 5.41) is 0. The number of nitrogens with zero attached hydrogens (tertiary/aromatic N) is 1. The van der Waals surface area contributed by atoms with Crippen LogP contribution in [0.5, 0.6) is 0 Å². The summed E-state index contributed by atoms with van der Waals surface area (Å²) in [6.07, 6.45) is 1.59. The standard InChI is InChI=1S/C14H11NO3S/c1-8-3-5-10(17-8)7-11-14(16)18-13(15-11)12-6-4-9(2)19-12/h3-7H,1-2H3/b11-7-. The van der Waals surface area contributed by atoms with E-state index in [2.05, 4.69) is 4.99 Å². The first kappa shape index (κ1) is 11.9. The van der Waals surface area contributed by atoms with Crippen LogP contribution in [0.25, 0.3) is 6.08 Å². The Morgan fingerprint density at radius 1 is 1.21 bits per heavy atom. The number of hydrogen-bond acceptors (Lipinski definition) is 5. The fraction of sp³-hybridized carbons (Fsp3) is 0.143. The minimum absolute atomic E-state index is 0.260. The predicted octanol–water partition coefficient (Wildman–Crippen LogP) is 3.30. The van der Waals surface area contributed by atoms with E-state index >= 15 is 0 Å². The van der Waals surface area contributed by atoms with Crippen LogP contribution in [0.4, 0.5) is 0 Å². The fourth-order valence-electron chi connectivity index (χ4n) is 1.73. The van der Waals surface area contributed by atoms with Crippen LogP contribution in [0, 0.1) is 13.8 Å². The average molecular weight is 273 g/mol. The van der Waals surface area contributed by atoms with Crippen molar-refractivity contribution < 1.29 is 13.9 Å². The van der Waals surface area contributed by atoms with Crippen LogP contribution in [0.1, 0.15) is 21.3 Å². The number of carbonyl (C=O) groups is 1. The number of aryl methyl sites for hydroxylation is 2. The molecule has 19 heavy (non-hydrogen) atoms. The van der Waals surface area contributed by atoms with Gasteiger partial charge >= 0.3 is 5.97 Å². The highest BCUT2D eigenvalue weighted by atomic mass is 32.1. The molecule has 0 amide bonds. The fourth-order valence-corrected chi connectivity index (χ4v) is 2.52. The highest BCUT2D eigenvalue weighted by Gasteiger charge is 2.25. The van der Waals surface area contributed by atoms with Crippen LogP contribution in [0.2, 0.25) is 0 Å². The van der Waals surface area contributed by atoms with E-state index in [0.29, 0.717) is 11.7 Å². The lowest BCUT2D eigenvalue weighted by Crippen LogP contribution is -2.03. The van der Waals surface area contributed by atoms with Gasteiger partial charge in [-0.3, -0.25) is 0 Å². The molecule has 0 radical (unpaired) electrons. The number of thiophene rings is 1. The van der Waals surface area contributed by atoms with Crippen LogP contribution >= 0.6 is 11.3 Å². The van der Waals surface area contributed by atoms with Gasteiger partial charge in [0.15, 0.2) is 5.70 Å². The second-order valence-electron chi connectivity index (χ2n) is 4.19. The molecule has 96 valence electrons. The lowest BCUT2D eigenvalue weighted by atomic mass is 10.3. The first-order chi connectivity index (χ1) is 9.11. The van der Waals surface area contributed by atoms with E-state index < -0.39 is 5.97 Å². The van der Waals surface area contributed by atoms with E-state index in [1.54, 1.807) is 23.5 Å². The summed E-state index contributed by atoms with van der Waals surface area (Å²) >= 11 is 1.54. The minimum Gasteiger partial charge on any atom is -0.462 e. The van der Waals surface area contributed by atoms with Crippen molar-refractivity contribution in [2.45, 2.75) is 13.8 Å². The highest BCUT2D eigenvalue weighted by molar-refractivity contribution is 7.14. The number of furan rings is 1. The summed E-state index contributed by atoms with van der Waals surface area (Å²) in [6, 6.07) is 7.48. The first-order valence-corrected chi connectivity index (χ1v) is 6.59. The van der Waals surface area contributed by atoms with Gasteiger partial charge in [0.25, 0.3) is 0 Å². The molecule has 2 aromatic rings. The van der Waals surface area contributed by atoms with Gasteiger partial charge in [-0.05, 0) is 38.1 Å². The van der Waals surface area contributed by atoms with E-state index in [0.717, 1.165) is 15.5 Å². The molecule has 1 aliphatic heterocycles. The lowest BCUT2D eigenvalue weighted by molar-refractivity contribution is -0.129. The zero-order valence-corrected chi connectivity index (χ0v) is 11.3. The van der Waals surface area contributed by atoms with Crippen molar-refractivity contribution in [2.24, 2.45) is 4.99 Å². The minimum atomic E-state index is -0.449. The van der Waals surface area contributed by atoms with Crippen molar-refractivity contribution in [3.63, 3.8) is 0 Å². The predicted molar refractivity (Wildman–Crippen MR) is 73.1 cm³/mol. The number of carbonyl (C=O) groups excluding carboxylic acids is 1. The molecule has 3 heterocycles. The Morgan fingerprint density at radius 2 is 2.05 bits per heavy atom. The smallest absolute Gasteiger partial charge is 0.363 e. The number of ether oxygens (including phenoxy) is 1. The molecular weight excluding hydrogens is 262 g/mol. The summed E-state index contributed by atoms with van der Waals surface area (Å²) in [4.78, 5) is 17.9. The Labute approximate surface area is 114 Å². The molecule has 0 fully saturated rings. The molecule has 2 aromatic heterocycles. The topological polar surface area (TPSA) is 51.8 Å². The Balaban J connectivity index is 1.93. The van der Waals surface area contributed by atoms with Gasteiger partial charge < -0.3 is 9.15 Å². The van der Waals surface area contributed by atoms with Crippen molar-refractivity contribution >= 4 is 29.3 Å². The van der Waals surface area contributed by atoms with Crippen molar-refractivity contribution in [2.75, 3.05) is 0 Å². The summed E-state index contributed by atoms with van der Waals surface area (Å²) < 4.78 is 10.6. The molecule has 5 heteroatoms. The molecule has 0 aromatic carbocycles. The normalized spacial score (nSPS) is 16.8. The van der Waals surface area contributed by atoms with Crippen molar-refractivity contribution in [1.29, 1.82) is 0 Å². The van der Waals surface area contributed by atoms with Crippen LogP contribution < -0.4 is 0 Å². The lowest BCUT2D eigenvalue weighted by Gasteiger charge is -1.92. The van der Waals surface area contributed by atoms with Gasteiger partial charge in [0.05, 0.1) is 4.88 Å². The SMILES string of the molecule is Cc1ccc(/C=C2\N=C(c3ccc(C)s3)OC2=O)o1. The van der Waals surface area contributed by atoms with E-state index in [9.17, 15) is 4.79 Å². The van der Waals surface area contributed by atoms with Crippen LogP contribution in [0.3, 0.4) is 0 Å². The maximum absolute atomic E-state index is 11.7. The molecule has 0 aliphatic carbocycles. The van der Waals surface area contributed by atoms with Gasteiger partial charge in [0.1, 0.15) is 11.5 Å². The van der Waals surface area contributed by atoms with Gasteiger partial charge in [-0.25, -0.2) is 9.79 Å². The van der Waals surface area contributed by atoms with Gasteiger partial charge in [-0.2, -0.15) is 0 Å². The molecular formula is C14H11NO3S.